The lowest BCUT2D eigenvalue weighted by molar-refractivity contribution is 0.0690. The standard InChI is InChI=1S/C16H17NO3/c18-16(19)14-10-15(20-9-8-11-4-3-5-11)12-6-1-2-7-13(12)17-14/h1-2,6-7,10-11H,3-5,8-9H2,(H,18,19). The fourth-order valence-electron chi connectivity index (χ4n) is 2.49. The summed E-state index contributed by atoms with van der Waals surface area (Å²) in [7, 11) is 0. The van der Waals surface area contributed by atoms with Crippen molar-refractivity contribution >= 4 is 16.9 Å². The van der Waals surface area contributed by atoms with Crippen LogP contribution in [0.25, 0.3) is 10.9 Å². The molecule has 0 aliphatic heterocycles. The zero-order valence-electron chi connectivity index (χ0n) is 11.2. The number of rotatable bonds is 5. The molecule has 1 heterocycles. The van der Waals surface area contributed by atoms with Gasteiger partial charge in [-0.05, 0) is 24.5 Å². The molecule has 0 bridgehead atoms. The third-order valence-corrected chi connectivity index (χ3v) is 3.91. The molecule has 0 saturated heterocycles. The van der Waals surface area contributed by atoms with Gasteiger partial charge in [-0.2, -0.15) is 0 Å². The van der Waals surface area contributed by atoms with Crippen molar-refractivity contribution in [2.75, 3.05) is 6.61 Å². The summed E-state index contributed by atoms with van der Waals surface area (Å²) < 4.78 is 5.81. The van der Waals surface area contributed by atoms with Crippen molar-refractivity contribution < 1.29 is 14.6 Å². The number of aromatic nitrogens is 1. The Labute approximate surface area is 117 Å². The fourth-order valence-corrected chi connectivity index (χ4v) is 2.49. The zero-order chi connectivity index (χ0) is 13.9. The Morgan fingerprint density at radius 3 is 2.85 bits per heavy atom. The number of carbonyl (C=O) groups is 1. The van der Waals surface area contributed by atoms with Crippen molar-refractivity contribution in [3.63, 3.8) is 0 Å². The molecule has 1 aliphatic rings. The highest BCUT2D eigenvalue weighted by atomic mass is 16.5. The van der Waals surface area contributed by atoms with E-state index in [0.717, 1.165) is 17.7 Å². The Morgan fingerprint density at radius 1 is 1.35 bits per heavy atom. The largest absolute Gasteiger partial charge is 0.493 e. The van der Waals surface area contributed by atoms with Crippen molar-refractivity contribution in [2.24, 2.45) is 5.92 Å². The summed E-state index contributed by atoms with van der Waals surface area (Å²) in [6.45, 7) is 0.637. The van der Waals surface area contributed by atoms with Gasteiger partial charge in [-0.25, -0.2) is 9.78 Å². The van der Waals surface area contributed by atoms with Crippen molar-refractivity contribution in [2.45, 2.75) is 25.7 Å². The number of carboxylic acid groups (broad SMARTS) is 1. The van der Waals surface area contributed by atoms with Crippen LogP contribution in [0.15, 0.2) is 30.3 Å². The maximum atomic E-state index is 11.1. The van der Waals surface area contributed by atoms with Crippen LogP contribution >= 0.6 is 0 Å². The number of aromatic carboxylic acids is 1. The average Bonchev–Trinajstić information content (AvgIpc) is 2.41. The van der Waals surface area contributed by atoms with E-state index in [4.69, 9.17) is 9.84 Å². The topological polar surface area (TPSA) is 59.4 Å². The van der Waals surface area contributed by atoms with Gasteiger partial charge in [0.1, 0.15) is 5.75 Å². The van der Waals surface area contributed by atoms with Crippen LogP contribution in [0.3, 0.4) is 0 Å². The van der Waals surface area contributed by atoms with Gasteiger partial charge in [-0.1, -0.05) is 31.4 Å². The Bertz CT molecular complexity index is 635. The molecule has 1 N–H and O–H groups in total. The number of pyridine rings is 1. The van der Waals surface area contributed by atoms with Gasteiger partial charge >= 0.3 is 5.97 Å². The number of hydrogen-bond donors (Lipinski definition) is 1. The molecule has 0 spiro atoms. The van der Waals surface area contributed by atoms with Gasteiger partial charge in [-0.3, -0.25) is 0 Å². The second kappa shape index (κ2) is 5.49. The Hall–Kier alpha value is -2.10. The summed E-state index contributed by atoms with van der Waals surface area (Å²) in [4.78, 5) is 15.2. The van der Waals surface area contributed by atoms with Crippen molar-refractivity contribution in [1.82, 2.24) is 4.98 Å². The second-order valence-corrected chi connectivity index (χ2v) is 5.26. The van der Waals surface area contributed by atoms with Crippen LogP contribution in [0.2, 0.25) is 0 Å². The van der Waals surface area contributed by atoms with E-state index in [9.17, 15) is 4.79 Å². The quantitative estimate of drug-likeness (QED) is 0.904. The number of benzene rings is 1. The molecule has 1 aromatic heterocycles. The number of hydrogen-bond acceptors (Lipinski definition) is 3. The van der Waals surface area contributed by atoms with Crippen LogP contribution in [0.5, 0.6) is 5.75 Å². The van der Waals surface area contributed by atoms with Gasteiger partial charge in [0.2, 0.25) is 0 Å². The van der Waals surface area contributed by atoms with E-state index in [0.29, 0.717) is 17.9 Å². The Balaban J connectivity index is 1.84. The molecule has 2 aromatic rings. The van der Waals surface area contributed by atoms with E-state index in [1.165, 1.54) is 25.3 Å². The van der Waals surface area contributed by atoms with E-state index in [1.54, 1.807) is 6.07 Å². The monoisotopic (exact) mass is 271 g/mol. The second-order valence-electron chi connectivity index (χ2n) is 5.26. The third-order valence-electron chi connectivity index (χ3n) is 3.91. The van der Waals surface area contributed by atoms with Gasteiger partial charge in [0, 0.05) is 11.5 Å². The highest BCUT2D eigenvalue weighted by Gasteiger charge is 2.17. The molecule has 0 unspecified atom stereocenters. The van der Waals surface area contributed by atoms with E-state index in [2.05, 4.69) is 4.98 Å². The highest BCUT2D eigenvalue weighted by Crippen LogP contribution is 2.30. The summed E-state index contributed by atoms with van der Waals surface area (Å²) in [6, 6.07) is 8.99. The van der Waals surface area contributed by atoms with Crippen LogP contribution in [-0.2, 0) is 0 Å². The van der Waals surface area contributed by atoms with Crippen molar-refractivity contribution in [3.8, 4) is 5.75 Å². The number of ether oxygens (including phenoxy) is 1. The average molecular weight is 271 g/mol. The molecule has 20 heavy (non-hydrogen) atoms. The first-order valence-electron chi connectivity index (χ1n) is 7.00. The molecule has 0 amide bonds. The van der Waals surface area contributed by atoms with Crippen molar-refractivity contribution in [1.29, 1.82) is 0 Å². The molecule has 1 aromatic carbocycles. The molecule has 4 heteroatoms. The third kappa shape index (κ3) is 2.59. The number of nitrogens with zero attached hydrogens (tertiary/aromatic N) is 1. The fraction of sp³-hybridized carbons (Fsp3) is 0.375. The lowest BCUT2D eigenvalue weighted by Crippen LogP contribution is -2.14. The predicted octanol–water partition coefficient (Wildman–Crippen LogP) is 3.50. The lowest BCUT2D eigenvalue weighted by atomic mass is 9.83. The molecule has 4 nitrogen and oxygen atoms in total. The van der Waals surface area contributed by atoms with Gasteiger partial charge in [0.05, 0.1) is 12.1 Å². The van der Waals surface area contributed by atoms with Crippen LogP contribution in [0.4, 0.5) is 0 Å². The van der Waals surface area contributed by atoms with Gasteiger partial charge in [0.15, 0.2) is 5.69 Å². The number of fused-ring (bicyclic) bond motifs is 1. The first kappa shape index (κ1) is 12.9. The van der Waals surface area contributed by atoms with Gasteiger partial charge in [-0.15, -0.1) is 0 Å². The predicted molar refractivity (Wildman–Crippen MR) is 76.2 cm³/mol. The van der Waals surface area contributed by atoms with Crippen molar-refractivity contribution in [3.05, 3.63) is 36.0 Å². The zero-order valence-corrected chi connectivity index (χ0v) is 11.2. The molecule has 1 fully saturated rings. The van der Waals surface area contributed by atoms with Gasteiger partial charge < -0.3 is 9.84 Å². The summed E-state index contributed by atoms with van der Waals surface area (Å²) in [5.41, 5.74) is 0.688. The molecule has 3 rings (SSSR count). The van der Waals surface area contributed by atoms with Crippen LogP contribution < -0.4 is 4.74 Å². The van der Waals surface area contributed by atoms with E-state index < -0.39 is 5.97 Å². The number of carboxylic acids is 1. The van der Waals surface area contributed by atoms with Crippen LogP contribution in [0, 0.1) is 5.92 Å². The molecular weight excluding hydrogens is 254 g/mol. The first-order chi connectivity index (χ1) is 9.74. The minimum absolute atomic E-state index is 0.0299. The summed E-state index contributed by atoms with van der Waals surface area (Å²) in [5.74, 6) is 0.369. The molecule has 1 saturated carbocycles. The molecule has 0 atom stereocenters. The maximum Gasteiger partial charge on any atom is 0.354 e. The molecular formula is C16H17NO3. The van der Waals surface area contributed by atoms with E-state index >= 15 is 0 Å². The summed E-state index contributed by atoms with van der Waals surface area (Å²) in [5, 5.41) is 9.98. The SMILES string of the molecule is O=C(O)c1cc(OCCC2CCC2)c2ccccc2n1. The van der Waals surface area contributed by atoms with Crippen LogP contribution in [0.1, 0.15) is 36.2 Å². The Kier molecular flexibility index (Phi) is 3.54. The molecule has 1 aliphatic carbocycles. The minimum atomic E-state index is -1.03. The van der Waals surface area contributed by atoms with Crippen LogP contribution in [-0.4, -0.2) is 22.7 Å². The summed E-state index contributed by atoms with van der Waals surface area (Å²) >= 11 is 0. The van der Waals surface area contributed by atoms with E-state index in [1.807, 2.05) is 18.2 Å². The first-order valence-corrected chi connectivity index (χ1v) is 7.00. The smallest absolute Gasteiger partial charge is 0.354 e. The van der Waals surface area contributed by atoms with Gasteiger partial charge in [0.25, 0.3) is 0 Å². The number of para-hydroxylation sites is 1. The maximum absolute atomic E-state index is 11.1. The lowest BCUT2D eigenvalue weighted by Gasteiger charge is -2.25. The molecule has 0 radical (unpaired) electrons. The summed E-state index contributed by atoms with van der Waals surface area (Å²) in [6.07, 6.45) is 4.95. The molecule has 104 valence electrons. The minimum Gasteiger partial charge on any atom is -0.493 e. The highest BCUT2D eigenvalue weighted by molar-refractivity contribution is 5.93. The Morgan fingerprint density at radius 2 is 2.15 bits per heavy atom. The van der Waals surface area contributed by atoms with E-state index in [-0.39, 0.29) is 5.69 Å². The normalized spacial score (nSPS) is 15.0.